The van der Waals surface area contributed by atoms with Gasteiger partial charge in [-0.1, -0.05) is 28.9 Å². The summed E-state index contributed by atoms with van der Waals surface area (Å²) in [5.74, 6) is 0.928. The van der Waals surface area contributed by atoms with E-state index in [2.05, 4.69) is 10.5 Å². The van der Waals surface area contributed by atoms with E-state index < -0.39 is 6.10 Å². The van der Waals surface area contributed by atoms with Crippen molar-refractivity contribution in [2.45, 2.75) is 31.3 Å². The van der Waals surface area contributed by atoms with Gasteiger partial charge in [0.05, 0.1) is 6.10 Å². The van der Waals surface area contributed by atoms with Gasteiger partial charge in [0.2, 0.25) is 0 Å². The second-order valence-corrected chi connectivity index (χ2v) is 5.94. The molecule has 1 atom stereocenters. The van der Waals surface area contributed by atoms with Gasteiger partial charge in [0.15, 0.2) is 5.69 Å². The number of benzene rings is 1. The van der Waals surface area contributed by atoms with Crippen LogP contribution >= 0.6 is 11.6 Å². The summed E-state index contributed by atoms with van der Waals surface area (Å²) in [5.41, 5.74) is 1.03. The van der Waals surface area contributed by atoms with E-state index >= 15 is 0 Å². The Bertz CT molecular complexity index is 667. The van der Waals surface area contributed by atoms with Gasteiger partial charge in [0.25, 0.3) is 5.91 Å². The summed E-state index contributed by atoms with van der Waals surface area (Å²) in [4.78, 5) is 11.9. The van der Waals surface area contributed by atoms with Crippen LogP contribution < -0.4 is 5.32 Å². The van der Waals surface area contributed by atoms with Crippen molar-refractivity contribution in [1.82, 2.24) is 10.5 Å². The Hall–Kier alpha value is -1.85. The quantitative estimate of drug-likeness (QED) is 0.857. The summed E-state index contributed by atoms with van der Waals surface area (Å²) in [6, 6.07) is 8.75. The predicted octanol–water partition coefficient (Wildman–Crippen LogP) is 3.06. The van der Waals surface area contributed by atoms with E-state index in [1.807, 2.05) is 0 Å². The molecule has 1 aromatic heterocycles. The number of carbonyl (C=O) groups excluding carboxylic acids is 1. The molecule has 116 valence electrons. The van der Waals surface area contributed by atoms with Crippen molar-refractivity contribution in [2.24, 2.45) is 0 Å². The highest BCUT2D eigenvalue weighted by atomic mass is 35.5. The van der Waals surface area contributed by atoms with Crippen LogP contribution in [0.4, 0.5) is 0 Å². The first-order chi connectivity index (χ1) is 10.6. The lowest BCUT2D eigenvalue weighted by Crippen LogP contribution is -2.25. The molecule has 2 aromatic rings. The van der Waals surface area contributed by atoms with E-state index in [0.717, 1.165) is 24.2 Å². The molecule has 0 radical (unpaired) electrons. The van der Waals surface area contributed by atoms with Crippen LogP contribution in [0.15, 0.2) is 34.9 Å². The van der Waals surface area contributed by atoms with Gasteiger partial charge >= 0.3 is 0 Å². The highest BCUT2D eigenvalue weighted by Crippen LogP contribution is 2.40. The van der Waals surface area contributed by atoms with Crippen molar-refractivity contribution >= 4 is 17.5 Å². The maximum atomic E-state index is 11.9. The molecule has 2 N–H and O–H groups in total. The molecule has 0 aliphatic heterocycles. The minimum Gasteiger partial charge on any atom is -0.388 e. The summed E-state index contributed by atoms with van der Waals surface area (Å²) in [6.07, 6.45) is 1.93. The standard InChI is InChI=1S/C16H17ClN2O3/c17-12-3-1-2-11(8-12)14(20)6-7-18-16(21)13-9-15(22-19-13)10-4-5-10/h1-3,8-10,14,20H,4-7H2,(H,18,21). The van der Waals surface area contributed by atoms with Crippen LogP contribution in [0, 0.1) is 0 Å². The fraction of sp³-hybridized carbons (Fsp3) is 0.375. The number of halogens is 1. The van der Waals surface area contributed by atoms with Gasteiger partial charge < -0.3 is 14.9 Å². The Morgan fingerprint density at radius 2 is 2.27 bits per heavy atom. The Balaban J connectivity index is 1.48. The molecule has 0 bridgehead atoms. The second kappa shape index (κ2) is 6.50. The fourth-order valence-corrected chi connectivity index (χ4v) is 2.45. The fourth-order valence-electron chi connectivity index (χ4n) is 2.25. The van der Waals surface area contributed by atoms with Crippen molar-refractivity contribution in [3.63, 3.8) is 0 Å². The van der Waals surface area contributed by atoms with Gasteiger partial charge in [-0.15, -0.1) is 0 Å². The smallest absolute Gasteiger partial charge is 0.273 e. The van der Waals surface area contributed by atoms with Gasteiger partial charge in [-0.3, -0.25) is 4.79 Å². The zero-order valence-electron chi connectivity index (χ0n) is 12.0. The molecule has 1 fully saturated rings. The Morgan fingerprint density at radius 1 is 1.45 bits per heavy atom. The van der Waals surface area contributed by atoms with Gasteiger partial charge in [0, 0.05) is 23.6 Å². The molecule has 1 saturated carbocycles. The number of carbonyl (C=O) groups is 1. The third-order valence-electron chi connectivity index (χ3n) is 3.68. The summed E-state index contributed by atoms with van der Waals surface area (Å²) < 4.78 is 5.14. The molecular formula is C16H17ClN2O3. The van der Waals surface area contributed by atoms with Crippen molar-refractivity contribution in [2.75, 3.05) is 6.54 Å². The maximum Gasteiger partial charge on any atom is 0.273 e. The molecule has 1 aromatic carbocycles. The average molecular weight is 321 g/mol. The summed E-state index contributed by atoms with van der Waals surface area (Å²) in [7, 11) is 0. The molecule has 3 rings (SSSR count). The molecular weight excluding hydrogens is 304 g/mol. The predicted molar refractivity (Wildman–Crippen MR) is 81.8 cm³/mol. The highest BCUT2D eigenvalue weighted by Gasteiger charge is 2.28. The Morgan fingerprint density at radius 3 is 3.00 bits per heavy atom. The highest BCUT2D eigenvalue weighted by molar-refractivity contribution is 6.30. The lowest BCUT2D eigenvalue weighted by Gasteiger charge is -2.11. The molecule has 6 heteroatoms. The SMILES string of the molecule is O=C(NCCC(O)c1cccc(Cl)c1)c1cc(C2CC2)on1. The van der Waals surface area contributed by atoms with Crippen molar-refractivity contribution < 1.29 is 14.4 Å². The van der Waals surface area contributed by atoms with Crippen molar-refractivity contribution in [3.8, 4) is 0 Å². The van der Waals surface area contributed by atoms with Crippen LogP contribution in [0.2, 0.25) is 5.02 Å². The molecule has 5 nitrogen and oxygen atoms in total. The molecule has 1 unspecified atom stereocenters. The molecule has 22 heavy (non-hydrogen) atoms. The van der Waals surface area contributed by atoms with Crippen LogP contribution in [0.1, 0.15) is 53.1 Å². The first-order valence-electron chi connectivity index (χ1n) is 7.32. The minimum atomic E-state index is -0.668. The number of nitrogens with zero attached hydrogens (tertiary/aromatic N) is 1. The monoisotopic (exact) mass is 320 g/mol. The van der Waals surface area contributed by atoms with Crippen LogP contribution in [0.5, 0.6) is 0 Å². The van der Waals surface area contributed by atoms with Crippen LogP contribution in [-0.4, -0.2) is 22.7 Å². The number of aliphatic hydroxyl groups is 1. The lowest BCUT2D eigenvalue weighted by molar-refractivity contribution is 0.0933. The van der Waals surface area contributed by atoms with E-state index in [-0.39, 0.29) is 5.91 Å². The number of rotatable bonds is 6. The Kier molecular flexibility index (Phi) is 4.45. The first-order valence-corrected chi connectivity index (χ1v) is 7.69. The Labute approximate surface area is 133 Å². The summed E-state index contributed by atoms with van der Waals surface area (Å²) in [6.45, 7) is 0.345. The zero-order valence-corrected chi connectivity index (χ0v) is 12.7. The minimum absolute atomic E-state index is 0.283. The average Bonchev–Trinajstić information content (AvgIpc) is 3.24. The van der Waals surface area contributed by atoms with Crippen LogP contribution in [-0.2, 0) is 0 Å². The zero-order chi connectivity index (χ0) is 15.5. The molecule has 0 spiro atoms. The van der Waals surface area contributed by atoms with E-state index in [1.54, 1.807) is 30.3 Å². The van der Waals surface area contributed by atoms with E-state index in [1.165, 1.54) is 0 Å². The summed E-state index contributed by atoms with van der Waals surface area (Å²) in [5, 5.41) is 17.2. The van der Waals surface area contributed by atoms with Gasteiger partial charge in [-0.25, -0.2) is 0 Å². The number of aliphatic hydroxyl groups excluding tert-OH is 1. The maximum absolute atomic E-state index is 11.9. The van der Waals surface area contributed by atoms with Crippen molar-refractivity contribution in [1.29, 1.82) is 0 Å². The van der Waals surface area contributed by atoms with E-state index in [4.69, 9.17) is 16.1 Å². The molecule has 1 aliphatic carbocycles. The number of hydrogen-bond acceptors (Lipinski definition) is 4. The largest absolute Gasteiger partial charge is 0.388 e. The van der Waals surface area contributed by atoms with Crippen molar-refractivity contribution in [3.05, 3.63) is 52.4 Å². The number of hydrogen-bond donors (Lipinski definition) is 2. The molecule has 1 amide bonds. The number of nitrogens with one attached hydrogen (secondary N) is 1. The van der Waals surface area contributed by atoms with E-state index in [0.29, 0.717) is 29.6 Å². The van der Waals surface area contributed by atoms with E-state index in [9.17, 15) is 9.90 Å². The van der Waals surface area contributed by atoms with Gasteiger partial charge in [-0.2, -0.15) is 0 Å². The second-order valence-electron chi connectivity index (χ2n) is 5.50. The van der Waals surface area contributed by atoms with Gasteiger partial charge in [-0.05, 0) is 37.0 Å². The normalized spacial score (nSPS) is 15.5. The summed E-state index contributed by atoms with van der Waals surface area (Å²) >= 11 is 5.89. The third-order valence-corrected chi connectivity index (χ3v) is 3.91. The lowest BCUT2D eigenvalue weighted by atomic mass is 10.1. The molecule has 1 aliphatic rings. The van der Waals surface area contributed by atoms with Crippen LogP contribution in [0.25, 0.3) is 0 Å². The van der Waals surface area contributed by atoms with Gasteiger partial charge in [0.1, 0.15) is 5.76 Å². The first kappa shape index (κ1) is 15.1. The number of amides is 1. The number of aromatic nitrogens is 1. The molecule has 0 saturated heterocycles. The topological polar surface area (TPSA) is 75.4 Å². The van der Waals surface area contributed by atoms with Crippen LogP contribution in [0.3, 0.4) is 0 Å². The molecule has 1 heterocycles. The third kappa shape index (κ3) is 3.67.